The highest BCUT2D eigenvalue weighted by molar-refractivity contribution is 6.00. The molecule has 0 atom stereocenters. The number of methoxy groups -OCH3 is 1. The van der Waals surface area contributed by atoms with Gasteiger partial charge >= 0.3 is 6.09 Å². The van der Waals surface area contributed by atoms with Gasteiger partial charge in [-0.2, -0.15) is 0 Å². The molecule has 0 unspecified atom stereocenters. The van der Waals surface area contributed by atoms with E-state index in [0.717, 1.165) is 6.07 Å². The molecule has 30 heavy (non-hydrogen) atoms. The predicted molar refractivity (Wildman–Crippen MR) is 107 cm³/mol. The molecule has 2 aromatic carbocycles. The van der Waals surface area contributed by atoms with Crippen molar-refractivity contribution in [1.82, 2.24) is 15.3 Å². The maximum Gasteiger partial charge on any atom is 0.415 e. The maximum atomic E-state index is 14.2. The third-order valence-electron chi connectivity index (χ3n) is 5.30. The van der Waals surface area contributed by atoms with Gasteiger partial charge in [-0.25, -0.2) is 19.2 Å². The summed E-state index contributed by atoms with van der Waals surface area (Å²) in [4.78, 5) is 22.6. The minimum absolute atomic E-state index is 0.144. The van der Waals surface area contributed by atoms with Crippen molar-refractivity contribution in [3.63, 3.8) is 0 Å². The molecule has 1 aromatic heterocycles. The molecule has 5 rings (SSSR count). The van der Waals surface area contributed by atoms with Crippen LogP contribution >= 0.6 is 0 Å². The molecule has 10 heteroatoms. The lowest BCUT2D eigenvalue weighted by atomic mass is 9.97. The summed E-state index contributed by atoms with van der Waals surface area (Å²) in [6.07, 6.45) is 0.895. The number of nitrogens with one attached hydrogen (secondary N) is 2. The first-order valence-electron chi connectivity index (χ1n) is 9.27. The molecule has 2 aliphatic heterocycles. The zero-order valence-corrected chi connectivity index (χ0v) is 16.0. The van der Waals surface area contributed by atoms with Crippen molar-refractivity contribution in [1.29, 1.82) is 0 Å². The fourth-order valence-electron chi connectivity index (χ4n) is 3.68. The van der Waals surface area contributed by atoms with Gasteiger partial charge in [-0.15, -0.1) is 0 Å². The van der Waals surface area contributed by atoms with Gasteiger partial charge in [0.2, 0.25) is 0 Å². The van der Waals surface area contributed by atoms with E-state index in [-0.39, 0.29) is 11.4 Å². The Morgan fingerprint density at radius 3 is 2.80 bits per heavy atom. The molecule has 3 heterocycles. The van der Waals surface area contributed by atoms with Gasteiger partial charge in [0.15, 0.2) is 5.60 Å². The highest BCUT2D eigenvalue weighted by Crippen LogP contribution is 2.39. The minimum atomic E-state index is -0.627. The van der Waals surface area contributed by atoms with Crippen molar-refractivity contribution in [2.45, 2.75) is 5.60 Å². The number of fused-ring (bicyclic) bond motifs is 1. The van der Waals surface area contributed by atoms with E-state index < -0.39 is 17.5 Å². The number of nitrogens with zero attached hydrogens (tertiary/aromatic N) is 3. The van der Waals surface area contributed by atoms with E-state index in [0.29, 0.717) is 47.8 Å². The van der Waals surface area contributed by atoms with Gasteiger partial charge in [-0.05, 0) is 18.2 Å². The Balaban J connectivity index is 1.58. The lowest BCUT2D eigenvalue weighted by molar-refractivity contribution is 0.0142. The zero-order valence-electron chi connectivity index (χ0n) is 16.0. The van der Waals surface area contributed by atoms with Crippen LogP contribution in [0.2, 0.25) is 0 Å². The van der Waals surface area contributed by atoms with Gasteiger partial charge in [0.25, 0.3) is 0 Å². The topological polar surface area (TPSA) is 109 Å². The Kier molecular flexibility index (Phi) is 4.10. The Morgan fingerprint density at radius 2 is 2.13 bits per heavy atom. The molecule has 1 amide bonds. The van der Waals surface area contributed by atoms with Crippen LogP contribution in [0.4, 0.5) is 26.4 Å². The van der Waals surface area contributed by atoms with Crippen molar-refractivity contribution in [3.05, 3.63) is 42.5 Å². The van der Waals surface area contributed by atoms with Crippen molar-refractivity contribution in [2.75, 3.05) is 37.0 Å². The summed E-state index contributed by atoms with van der Waals surface area (Å²) < 4.78 is 25.3. The Hall–Kier alpha value is -3.66. The van der Waals surface area contributed by atoms with Crippen LogP contribution < -0.4 is 20.3 Å². The summed E-state index contributed by atoms with van der Waals surface area (Å²) in [5.74, 6) is 0.00736. The number of aromatic nitrogens is 2. The van der Waals surface area contributed by atoms with E-state index in [2.05, 4.69) is 20.6 Å². The molecule has 3 aromatic rings. The smallest absolute Gasteiger partial charge is 0.415 e. The molecule has 154 valence electrons. The fraction of sp³-hybridized carbons (Fsp3) is 0.250. The number of rotatable bonds is 4. The predicted octanol–water partition coefficient (Wildman–Crippen LogP) is 2.53. The highest BCUT2D eigenvalue weighted by Gasteiger charge is 2.50. The first-order valence-corrected chi connectivity index (χ1v) is 9.27. The maximum absolute atomic E-state index is 14.2. The molecule has 1 spiro atoms. The molecule has 0 aliphatic carbocycles. The third kappa shape index (κ3) is 2.92. The first-order chi connectivity index (χ1) is 14.5. The number of carbonyl (C=O) groups is 1. The van der Waals surface area contributed by atoms with Crippen LogP contribution in [0, 0.1) is 5.82 Å². The monoisotopic (exact) mass is 411 g/mol. The third-order valence-corrected chi connectivity index (χ3v) is 5.30. The van der Waals surface area contributed by atoms with Gasteiger partial charge in [0, 0.05) is 30.6 Å². The van der Waals surface area contributed by atoms with Crippen molar-refractivity contribution in [3.8, 4) is 11.5 Å². The van der Waals surface area contributed by atoms with Crippen LogP contribution in [0.1, 0.15) is 0 Å². The standard InChI is InChI=1S/C20H18FN5O4/c1-29-17-6-15-12(5-16(17)26-9-20(7-22-8-20)30-19(26)28)18(24-10-23-15)25-14-3-2-11(27)4-13(14)21/h2-6,10,22,27H,7-9H2,1H3,(H,23,24,25). The Morgan fingerprint density at radius 1 is 1.30 bits per heavy atom. The summed E-state index contributed by atoms with van der Waals surface area (Å²) in [7, 11) is 1.51. The zero-order chi connectivity index (χ0) is 20.9. The van der Waals surface area contributed by atoms with E-state index in [4.69, 9.17) is 9.47 Å². The van der Waals surface area contributed by atoms with Crippen LogP contribution in [0.5, 0.6) is 11.5 Å². The van der Waals surface area contributed by atoms with E-state index in [9.17, 15) is 14.3 Å². The first kappa shape index (κ1) is 18.4. The molecular weight excluding hydrogens is 393 g/mol. The molecule has 0 bridgehead atoms. The van der Waals surface area contributed by atoms with Crippen molar-refractivity contribution in [2.24, 2.45) is 0 Å². The van der Waals surface area contributed by atoms with E-state index in [1.165, 1.54) is 30.5 Å². The minimum Gasteiger partial charge on any atom is -0.508 e. The average Bonchev–Trinajstić information content (AvgIpc) is 3.07. The van der Waals surface area contributed by atoms with Gasteiger partial charge in [-0.1, -0.05) is 0 Å². The number of amides is 1. The number of phenols is 1. The number of anilines is 3. The summed E-state index contributed by atoms with van der Waals surface area (Å²) in [6.45, 7) is 1.59. The number of benzene rings is 2. The van der Waals surface area contributed by atoms with Crippen LogP contribution in [0.15, 0.2) is 36.7 Å². The number of hydrogen-bond donors (Lipinski definition) is 3. The van der Waals surface area contributed by atoms with Crippen molar-refractivity contribution >= 4 is 34.2 Å². The number of ether oxygens (including phenoxy) is 2. The second-order valence-electron chi connectivity index (χ2n) is 7.29. The van der Waals surface area contributed by atoms with Crippen molar-refractivity contribution < 1.29 is 23.8 Å². The molecule has 2 aliphatic rings. The number of phenolic OH excluding ortho intramolecular Hbond substituents is 1. The molecule has 0 saturated carbocycles. The van der Waals surface area contributed by atoms with Crippen LogP contribution in [0.3, 0.4) is 0 Å². The molecule has 9 nitrogen and oxygen atoms in total. The second-order valence-corrected chi connectivity index (χ2v) is 7.29. The highest BCUT2D eigenvalue weighted by atomic mass is 19.1. The summed E-state index contributed by atoms with van der Waals surface area (Å²) in [5.41, 5.74) is 0.688. The quantitative estimate of drug-likeness (QED) is 0.562. The molecular formula is C20H18FN5O4. The summed E-state index contributed by atoms with van der Waals surface area (Å²) in [5, 5.41) is 16.0. The Labute approximate surface area is 170 Å². The molecule has 2 fully saturated rings. The molecule has 0 radical (unpaired) electrons. The number of aromatic hydroxyl groups is 1. The average molecular weight is 411 g/mol. The Bertz CT molecular complexity index is 1170. The summed E-state index contributed by atoms with van der Waals surface area (Å²) in [6, 6.07) is 7.21. The van der Waals surface area contributed by atoms with E-state index >= 15 is 0 Å². The second kappa shape index (κ2) is 6.70. The number of hydrogen-bond acceptors (Lipinski definition) is 8. The van der Waals surface area contributed by atoms with Gasteiger partial charge < -0.3 is 25.2 Å². The fourth-order valence-corrected chi connectivity index (χ4v) is 3.68. The van der Waals surface area contributed by atoms with Gasteiger partial charge in [-0.3, -0.25) is 4.90 Å². The van der Waals surface area contributed by atoms with E-state index in [1.54, 1.807) is 12.1 Å². The normalized spacial score (nSPS) is 17.1. The van der Waals surface area contributed by atoms with E-state index in [1.807, 2.05) is 0 Å². The SMILES string of the molecule is COc1cc2ncnc(Nc3ccc(O)cc3F)c2cc1N1CC2(CNC2)OC1=O. The van der Waals surface area contributed by atoms with Crippen LogP contribution in [-0.2, 0) is 4.74 Å². The molecule has 2 saturated heterocycles. The number of carbonyl (C=O) groups excluding carboxylic acids is 1. The number of halogens is 1. The largest absolute Gasteiger partial charge is 0.508 e. The van der Waals surface area contributed by atoms with Gasteiger partial charge in [0.05, 0.1) is 30.5 Å². The molecule has 3 N–H and O–H groups in total. The van der Waals surface area contributed by atoms with Crippen LogP contribution in [0.25, 0.3) is 10.9 Å². The lowest BCUT2D eigenvalue weighted by Gasteiger charge is -2.36. The lowest BCUT2D eigenvalue weighted by Crippen LogP contribution is -2.61. The van der Waals surface area contributed by atoms with Gasteiger partial charge in [0.1, 0.15) is 29.5 Å². The summed E-state index contributed by atoms with van der Waals surface area (Å²) >= 11 is 0. The van der Waals surface area contributed by atoms with Crippen LogP contribution in [-0.4, -0.2) is 53.5 Å².